The standard InChI is InChI=1S/C13H21ClFN3O2S/c1-3-7-16-8-4-9-18(2)21(19,20)17-13-6-5-11(15)10-12(13)14/h5-6,10,16-17H,3-4,7-9H2,1-2H3. The van der Waals surface area contributed by atoms with Crippen molar-refractivity contribution in [1.29, 1.82) is 0 Å². The number of hydrogen-bond acceptors (Lipinski definition) is 3. The highest BCUT2D eigenvalue weighted by atomic mass is 35.5. The predicted octanol–water partition coefficient (Wildman–Crippen LogP) is 2.46. The fourth-order valence-corrected chi connectivity index (χ4v) is 2.89. The number of anilines is 1. The Hall–Kier alpha value is -0.890. The van der Waals surface area contributed by atoms with Crippen molar-refractivity contribution in [1.82, 2.24) is 9.62 Å². The van der Waals surface area contributed by atoms with Gasteiger partial charge >= 0.3 is 10.2 Å². The van der Waals surface area contributed by atoms with Crippen LogP contribution in [0.25, 0.3) is 0 Å². The number of benzene rings is 1. The highest BCUT2D eigenvalue weighted by molar-refractivity contribution is 7.90. The first-order chi connectivity index (χ1) is 9.86. The third kappa shape index (κ3) is 6.17. The van der Waals surface area contributed by atoms with E-state index in [-0.39, 0.29) is 10.7 Å². The van der Waals surface area contributed by atoms with Gasteiger partial charge in [0.15, 0.2) is 0 Å². The third-order valence-corrected chi connectivity index (χ3v) is 4.63. The summed E-state index contributed by atoms with van der Waals surface area (Å²) in [6.07, 6.45) is 1.74. The van der Waals surface area contributed by atoms with Crippen molar-refractivity contribution in [2.24, 2.45) is 0 Å². The lowest BCUT2D eigenvalue weighted by molar-refractivity contribution is 0.458. The van der Waals surface area contributed by atoms with E-state index in [0.717, 1.165) is 31.6 Å². The van der Waals surface area contributed by atoms with Gasteiger partial charge in [0.2, 0.25) is 0 Å². The molecule has 21 heavy (non-hydrogen) atoms. The van der Waals surface area contributed by atoms with Crippen LogP contribution in [0.1, 0.15) is 19.8 Å². The minimum atomic E-state index is -3.69. The number of halogens is 2. The molecule has 0 amide bonds. The Balaban J connectivity index is 2.55. The molecule has 0 saturated heterocycles. The van der Waals surface area contributed by atoms with Gasteiger partial charge in [0, 0.05) is 13.6 Å². The van der Waals surface area contributed by atoms with Gasteiger partial charge in [0.05, 0.1) is 10.7 Å². The Kier molecular flexibility index (Phi) is 7.37. The SMILES string of the molecule is CCCNCCCN(C)S(=O)(=O)Nc1ccc(F)cc1Cl. The van der Waals surface area contributed by atoms with Crippen molar-refractivity contribution in [2.75, 3.05) is 31.4 Å². The minimum Gasteiger partial charge on any atom is -0.317 e. The van der Waals surface area contributed by atoms with E-state index >= 15 is 0 Å². The van der Waals surface area contributed by atoms with Crippen LogP contribution in [0.3, 0.4) is 0 Å². The fourth-order valence-electron chi connectivity index (χ4n) is 1.64. The van der Waals surface area contributed by atoms with Crippen molar-refractivity contribution in [3.8, 4) is 0 Å². The smallest absolute Gasteiger partial charge is 0.301 e. The van der Waals surface area contributed by atoms with Crippen molar-refractivity contribution < 1.29 is 12.8 Å². The van der Waals surface area contributed by atoms with E-state index in [1.165, 1.54) is 17.4 Å². The summed E-state index contributed by atoms with van der Waals surface area (Å²) in [5.41, 5.74) is 0.161. The zero-order chi connectivity index (χ0) is 15.9. The van der Waals surface area contributed by atoms with Crippen LogP contribution >= 0.6 is 11.6 Å². The molecule has 0 fully saturated rings. The van der Waals surface area contributed by atoms with Gasteiger partial charge in [-0.1, -0.05) is 18.5 Å². The molecular weight excluding hydrogens is 317 g/mol. The van der Waals surface area contributed by atoms with Crippen molar-refractivity contribution in [2.45, 2.75) is 19.8 Å². The Morgan fingerprint density at radius 1 is 1.33 bits per heavy atom. The van der Waals surface area contributed by atoms with Crippen LogP contribution in [-0.2, 0) is 10.2 Å². The molecule has 0 heterocycles. The molecule has 0 bridgehead atoms. The Morgan fingerprint density at radius 3 is 2.67 bits per heavy atom. The molecule has 0 aliphatic carbocycles. The van der Waals surface area contributed by atoms with E-state index in [1.54, 1.807) is 0 Å². The molecule has 0 radical (unpaired) electrons. The Labute approximate surface area is 130 Å². The van der Waals surface area contributed by atoms with Gasteiger partial charge in [0.1, 0.15) is 5.82 Å². The first kappa shape index (κ1) is 18.2. The summed E-state index contributed by atoms with van der Waals surface area (Å²) >= 11 is 5.81. The predicted molar refractivity (Wildman–Crippen MR) is 84.4 cm³/mol. The number of nitrogens with zero attached hydrogens (tertiary/aromatic N) is 1. The van der Waals surface area contributed by atoms with Crippen LogP contribution < -0.4 is 10.0 Å². The summed E-state index contributed by atoms with van der Waals surface area (Å²) in [7, 11) is -2.21. The van der Waals surface area contributed by atoms with E-state index < -0.39 is 16.0 Å². The second kappa shape index (κ2) is 8.53. The Morgan fingerprint density at radius 2 is 2.05 bits per heavy atom. The summed E-state index contributed by atoms with van der Waals surface area (Å²) in [5.74, 6) is -0.515. The number of nitrogens with one attached hydrogen (secondary N) is 2. The minimum absolute atomic E-state index is 0.0246. The van der Waals surface area contributed by atoms with Gasteiger partial charge in [-0.25, -0.2) is 4.39 Å². The molecule has 0 aliphatic rings. The average molecular weight is 338 g/mol. The van der Waals surface area contributed by atoms with Crippen molar-refractivity contribution in [3.63, 3.8) is 0 Å². The molecule has 1 aromatic carbocycles. The average Bonchev–Trinajstić information content (AvgIpc) is 2.41. The Bertz CT molecular complexity index is 554. The second-order valence-electron chi connectivity index (χ2n) is 4.66. The molecular formula is C13H21ClFN3O2S. The molecule has 1 aromatic rings. The van der Waals surface area contributed by atoms with Crippen molar-refractivity contribution >= 4 is 27.5 Å². The molecule has 8 heteroatoms. The monoisotopic (exact) mass is 337 g/mol. The van der Waals surface area contributed by atoms with Crippen LogP contribution in [0, 0.1) is 5.82 Å². The normalized spacial score (nSPS) is 11.9. The quantitative estimate of drug-likeness (QED) is 0.680. The van der Waals surface area contributed by atoms with Gasteiger partial charge in [-0.15, -0.1) is 0 Å². The molecule has 0 atom stereocenters. The first-order valence-electron chi connectivity index (χ1n) is 6.76. The van der Waals surface area contributed by atoms with Gasteiger partial charge in [0.25, 0.3) is 0 Å². The fraction of sp³-hybridized carbons (Fsp3) is 0.538. The summed E-state index contributed by atoms with van der Waals surface area (Å²) in [5, 5.41) is 3.23. The van der Waals surface area contributed by atoms with Crippen LogP contribution in [-0.4, -0.2) is 39.4 Å². The first-order valence-corrected chi connectivity index (χ1v) is 8.58. The summed E-state index contributed by atoms with van der Waals surface area (Å²) < 4.78 is 40.7. The summed E-state index contributed by atoms with van der Waals surface area (Å²) in [6, 6.07) is 3.51. The molecule has 2 N–H and O–H groups in total. The van der Waals surface area contributed by atoms with Crippen LogP contribution in [0.5, 0.6) is 0 Å². The molecule has 0 aliphatic heterocycles. The third-order valence-electron chi connectivity index (χ3n) is 2.83. The largest absolute Gasteiger partial charge is 0.317 e. The lowest BCUT2D eigenvalue weighted by Gasteiger charge is -2.19. The summed E-state index contributed by atoms with van der Waals surface area (Å²) in [6.45, 7) is 4.12. The number of rotatable bonds is 9. The number of hydrogen-bond donors (Lipinski definition) is 2. The molecule has 0 spiro atoms. The van der Waals surface area contributed by atoms with E-state index in [2.05, 4.69) is 17.0 Å². The summed E-state index contributed by atoms with van der Waals surface area (Å²) in [4.78, 5) is 0. The molecule has 0 aromatic heterocycles. The van der Waals surface area contributed by atoms with Crippen LogP contribution in [0.2, 0.25) is 5.02 Å². The zero-order valence-electron chi connectivity index (χ0n) is 12.2. The highest BCUT2D eigenvalue weighted by Crippen LogP contribution is 2.23. The van der Waals surface area contributed by atoms with Gasteiger partial charge in [-0.05, 0) is 44.1 Å². The molecule has 120 valence electrons. The lowest BCUT2D eigenvalue weighted by atomic mass is 10.3. The maximum absolute atomic E-state index is 12.9. The highest BCUT2D eigenvalue weighted by Gasteiger charge is 2.18. The van der Waals surface area contributed by atoms with Crippen molar-refractivity contribution in [3.05, 3.63) is 29.0 Å². The molecule has 1 rings (SSSR count). The molecule has 5 nitrogen and oxygen atoms in total. The molecule has 0 unspecified atom stereocenters. The van der Waals surface area contributed by atoms with Gasteiger partial charge < -0.3 is 5.32 Å². The van der Waals surface area contributed by atoms with E-state index in [0.29, 0.717) is 13.0 Å². The van der Waals surface area contributed by atoms with Crippen LogP contribution in [0.4, 0.5) is 10.1 Å². The maximum atomic E-state index is 12.9. The zero-order valence-corrected chi connectivity index (χ0v) is 13.8. The van der Waals surface area contributed by atoms with E-state index in [1.807, 2.05) is 0 Å². The second-order valence-corrected chi connectivity index (χ2v) is 6.84. The van der Waals surface area contributed by atoms with Gasteiger partial charge in [-0.3, -0.25) is 4.72 Å². The van der Waals surface area contributed by atoms with Gasteiger partial charge in [-0.2, -0.15) is 12.7 Å². The molecule has 0 saturated carbocycles. The van der Waals surface area contributed by atoms with E-state index in [9.17, 15) is 12.8 Å². The van der Waals surface area contributed by atoms with Crippen LogP contribution in [0.15, 0.2) is 18.2 Å². The topological polar surface area (TPSA) is 61.4 Å². The van der Waals surface area contributed by atoms with E-state index in [4.69, 9.17) is 11.6 Å². The maximum Gasteiger partial charge on any atom is 0.301 e. The lowest BCUT2D eigenvalue weighted by Crippen LogP contribution is -2.34.